The highest BCUT2D eigenvalue weighted by Crippen LogP contribution is 2.34. The van der Waals surface area contributed by atoms with Crippen molar-refractivity contribution in [3.05, 3.63) is 59.7 Å². The van der Waals surface area contributed by atoms with Gasteiger partial charge in [0.05, 0.1) is 17.5 Å². The molecular formula is C22H29N3O5S. The molecule has 0 saturated carbocycles. The van der Waals surface area contributed by atoms with E-state index >= 15 is 0 Å². The van der Waals surface area contributed by atoms with Crippen LogP contribution in [0.2, 0.25) is 0 Å². The summed E-state index contributed by atoms with van der Waals surface area (Å²) < 4.78 is 36.5. The van der Waals surface area contributed by atoms with E-state index in [0.717, 1.165) is 11.1 Å². The topological polar surface area (TPSA) is 106 Å². The lowest BCUT2D eigenvalue weighted by Crippen LogP contribution is -2.46. The van der Waals surface area contributed by atoms with Gasteiger partial charge in [-0.25, -0.2) is 18.6 Å². The highest BCUT2D eigenvalue weighted by atomic mass is 32.2. The Kier molecular flexibility index (Phi) is 6.88. The number of nitrogens with one attached hydrogen (secondary N) is 3. The van der Waals surface area contributed by atoms with Crippen LogP contribution < -0.4 is 20.3 Å². The van der Waals surface area contributed by atoms with Crippen molar-refractivity contribution < 1.29 is 22.7 Å². The molecular weight excluding hydrogens is 418 g/mol. The summed E-state index contributed by atoms with van der Waals surface area (Å²) in [6, 6.07) is 13.7. The molecule has 2 aromatic carbocycles. The predicted octanol–water partition coefficient (Wildman–Crippen LogP) is 3.20. The zero-order chi connectivity index (χ0) is 22.6. The summed E-state index contributed by atoms with van der Waals surface area (Å²) in [5, 5.41) is 2.71. The zero-order valence-electron chi connectivity index (χ0n) is 18.1. The van der Waals surface area contributed by atoms with E-state index in [2.05, 4.69) is 15.6 Å². The molecule has 2 aromatic rings. The molecule has 0 spiro atoms. The molecule has 1 aliphatic heterocycles. The number of rotatable bonds is 6. The summed E-state index contributed by atoms with van der Waals surface area (Å²) in [4.78, 5) is 14.6. The molecule has 0 bridgehead atoms. The third kappa shape index (κ3) is 6.43. The first kappa shape index (κ1) is 23.1. The molecule has 2 atom stereocenters. The molecule has 1 amide bonds. The number of para-hydroxylation sites is 1. The number of carbonyl (C=O) groups excluding carboxylic acids is 1. The van der Waals surface area contributed by atoms with Gasteiger partial charge in [0, 0.05) is 12.0 Å². The number of hydrogen-bond acceptors (Lipinski definition) is 6. The van der Waals surface area contributed by atoms with Crippen molar-refractivity contribution in [1.82, 2.24) is 15.6 Å². The van der Waals surface area contributed by atoms with Crippen molar-refractivity contribution in [2.24, 2.45) is 0 Å². The van der Waals surface area contributed by atoms with Crippen LogP contribution in [0, 0.1) is 6.92 Å². The van der Waals surface area contributed by atoms with Gasteiger partial charge in [0.15, 0.2) is 0 Å². The van der Waals surface area contributed by atoms with Gasteiger partial charge < -0.3 is 14.8 Å². The van der Waals surface area contributed by atoms with E-state index in [-0.39, 0.29) is 23.6 Å². The number of fused-ring (bicyclic) bond motifs is 1. The van der Waals surface area contributed by atoms with Gasteiger partial charge in [-0.05, 0) is 45.9 Å². The number of ether oxygens (including phenoxy) is 2. The number of aryl methyl sites for hydroxylation is 1. The average Bonchev–Trinajstić information content (AvgIpc) is 2.69. The third-order valence-electron chi connectivity index (χ3n) is 4.66. The highest BCUT2D eigenvalue weighted by Gasteiger charge is 2.30. The number of amides is 1. The van der Waals surface area contributed by atoms with Crippen molar-refractivity contribution in [3.8, 4) is 5.75 Å². The lowest BCUT2D eigenvalue weighted by Gasteiger charge is -2.33. The van der Waals surface area contributed by atoms with Gasteiger partial charge in [-0.15, -0.1) is 4.83 Å². The molecule has 3 rings (SSSR count). The Morgan fingerprint density at radius 2 is 1.81 bits per heavy atom. The van der Waals surface area contributed by atoms with E-state index in [9.17, 15) is 13.2 Å². The van der Waals surface area contributed by atoms with E-state index in [1.165, 1.54) is 0 Å². The van der Waals surface area contributed by atoms with E-state index < -0.39 is 21.7 Å². The fourth-order valence-electron chi connectivity index (χ4n) is 3.19. The molecule has 2 unspecified atom stereocenters. The molecule has 0 aliphatic carbocycles. The van der Waals surface area contributed by atoms with E-state index in [1.807, 2.05) is 31.2 Å². The fourth-order valence-corrected chi connectivity index (χ4v) is 4.10. The second kappa shape index (κ2) is 9.25. The van der Waals surface area contributed by atoms with Crippen LogP contribution in [0.4, 0.5) is 4.79 Å². The third-order valence-corrected chi connectivity index (χ3v) is 5.94. The normalized spacial score (nSPS) is 18.6. The van der Waals surface area contributed by atoms with E-state index in [4.69, 9.17) is 9.47 Å². The Balaban J connectivity index is 1.67. The number of hydrazine groups is 1. The SMILES string of the molecule is Cc1ccc(S(=O)(=O)NNC2CC(CNC(=O)OC(C)(C)C)Oc3ccccc32)cc1. The maximum absolute atomic E-state index is 12.6. The van der Waals surface area contributed by atoms with Gasteiger partial charge in [-0.3, -0.25) is 0 Å². The summed E-state index contributed by atoms with van der Waals surface area (Å²) in [5.74, 6) is 0.636. The van der Waals surface area contributed by atoms with Gasteiger partial charge in [0.25, 0.3) is 10.0 Å². The molecule has 168 valence electrons. The standard InChI is InChI=1S/C22H29N3O5S/c1-15-9-11-17(12-10-15)31(27,28)25-24-19-13-16(14-23-21(26)30-22(2,3)4)29-20-8-6-5-7-18(19)20/h5-12,16,19,24-25H,13-14H2,1-4H3,(H,23,26). The first-order chi connectivity index (χ1) is 14.5. The van der Waals surface area contributed by atoms with Crippen molar-refractivity contribution in [1.29, 1.82) is 0 Å². The highest BCUT2D eigenvalue weighted by molar-refractivity contribution is 7.89. The predicted molar refractivity (Wildman–Crippen MR) is 117 cm³/mol. The average molecular weight is 448 g/mol. The van der Waals surface area contributed by atoms with Crippen LogP contribution in [-0.2, 0) is 14.8 Å². The molecule has 9 heteroatoms. The monoisotopic (exact) mass is 447 g/mol. The minimum atomic E-state index is -3.73. The Morgan fingerprint density at radius 3 is 2.48 bits per heavy atom. The van der Waals surface area contributed by atoms with Crippen molar-refractivity contribution in [2.75, 3.05) is 6.54 Å². The Morgan fingerprint density at radius 1 is 1.13 bits per heavy atom. The molecule has 0 fully saturated rings. The number of carbonyl (C=O) groups is 1. The lowest BCUT2D eigenvalue weighted by molar-refractivity contribution is 0.0487. The summed E-state index contributed by atoms with van der Waals surface area (Å²) in [6.07, 6.45) is -0.438. The molecule has 0 aromatic heterocycles. The molecule has 31 heavy (non-hydrogen) atoms. The summed E-state index contributed by atoms with van der Waals surface area (Å²) >= 11 is 0. The number of benzene rings is 2. The first-order valence-corrected chi connectivity index (χ1v) is 11.6. The zero-order valence-corrected chi connectivity index (χ0v) is 19.0. The van der Waals surface area contributed by atoms with E-state index in [0.29, 0.717) is 12.2 Å². The second-order valence-corrected chi connectivity index (χ2v) is 10.2. The lowest BCUT2D eigenvalue weighted by atomic mass is 9.97. The van der Waals surface area contributed by atoms with Crippen LogP contribution in [0.25, 0.3) is 0 Å². The molecule has 1 aliphatic rings. The summed E-state index contributed by atoms with van der Waals surface area (Å²) in [5.41, 5.74) is 4.14. The maximum atomic E-state index is 12.6. The van der Waals surface area contributed by atoms with Crippen LogP contribution in [0.1, 0.15) is 44.4 Å². The molecule has 1 heterocycles. The smallest absolute Gasteiger partial charge is 0.407 e. The minimum absolute atomic E-state index is 0.175. The fraction of sp³-hybridized carbons (Fsp3) is 0.409. The van der Waals surface area contributed by atoms with Crippen molar-refractivity contribution in [3.63, 3.8) is 0 Å². The number of alkyl carbamates (subject to hydrolysis) is 1. The van der Waals surface area contributed by atoms with Crippen LogP contribution in [0.15, 0.2) is 53.4 Å². The van der Waals surface area contributed by atoms with Crippen molar-refractivity contribution >= 4 is 16.1 Å². The largest absolute Gasteiger partial charge is 0.488 e. The van der Waals surface area contributed by atoms with E-state index in [1.54, 1.807) is 45.0 Å². The first-order valence-electron chi connectivity index (χ1n) is 10.1. The van der Waals surface area contributed by atoms with Crippen LogP contribution in [0.5, 0.6) is 5.75 Å². The Hall–Kier alpha value is -2.62. The van der Waals surface area contributed by atoms with Crippen LogP contribution in [0.3, 0.4) is 0 Å². The van der Waals surface area contributed by atoms with Gasteiger partial charge in [-0.1, -0.05) is 35.9 Å². The molecule has 0 saturated heterocycles. The van der Waals surface area contributed by atoms with Gasteiger partial charge in [-0.2, -0.15) is 0 Å². The van der Waals surface area contributed by atoms with Gasteiger partial charge in [0.1, 0.15) is 17.5 Å². The van der Waals surface area contributed by atoms with Crippen molar-refractivity contribution in [2.45, 2.75) is 56.8 Å². The minimum Gasteiger partial charge on any atom is -0.488 e. The summed E-state index contributed by atoms with van der Waals surface area (Å²) in [6.45, 7) is 7.50. The molecule has 3 N–H and O–H groups in total. The Labute approximate surface area is 183 Å². The summed E-state index contributed by atoms with van der Waals surface area (Å²) in [7, 11) is -3.73. The maximum Gasteiger partial charge on any atom is 0.407 e. The molecule has 8 nitrogen and oxygen atoms in total. The van der Waals surface area contributed by atoms with Gasteiger partial charge >= 0.3 is 6.09 Å². The number of hydrogen-bond donors (Lipinski definition) is 3. The quantitative estimate of drug-likeness (QED) is 0.588. The van der Waals surface area contributed by atoms with Crippen LogP contribution >= 0.6 is 0 Å². The molecule has 0 radical (unpaired) electrons. The number of sulfonamides is 1. The van der Waals surface area contributed by atoms with Crippen LogP contribution in [-0.4, -0.2) is 32.8 Å². The Bertz CT molecular complexity index is 1020. The second-order valence-electron chi connectivity index (χ2n) is 8.51. The van der Waals surface area contributed by atoms with Gasteiger partial charge in [0.2, 0.25) is 0 Å².